The van der Waals surface area contributed by atoms with Crippen LogP contribution in [0.3, 0.4) is 0 Å². The lowest BCUT2D eigenvalue weighted by Gasteiger charge is -2.50. The normalized spacial score (nSPS) is 40.6. The first-order chi connectivity index (χ1) is 12.9. The second-order valence-corrected chi connectivity index (χ2v) is 9.41. The Balaban J connectivity index is 1.67. The summed E-state index contributed by atoms with van der Waals surface area (Å²) < 4.78 is 0. The summed E-state index contributed by atoms with van der Waals surface area (Å²) in [7, 11) is 2.04. The molecule has 1 amide bonds. The van der Waals surface area contributed by atoms with E-state index >= 15 is 0 Å². The number of amides is 1. The third kappa shape index (κ3) is 4.61. The molecule has 3 fully saturated rings. The van der Waals surface area contributed by atoms with Gasteiger partial charge in [0.2, 0.25) is 5.91 Å². The Morgan fingerprint density at radius 2 is 2.07 bits per heavy atom. The van der Waals surface area contributed by atoms with E-state index in [1.807, 2.05) is 7.05 Å². The van der Waals surface area contributed by atoms with Gasteiger partial charge in [0.05, 0.1) is 5.82 Å². The topological polar surface area (TPSA) is 70.4 Å². The van der Waals surface area contributed by atoms with E-state index in [9.17, 15) is 4.79 Å². The third-order valence-corrected chi connectivity index (χ3v) is 7.39. The molecule has 2 saturated heterocycles. The lowest BCUT2D eigenvalue weighted by molar-refractivity contribution is -0.148. The molecule has 3 aliphatic rings. The number of nitrogens with two attached hydrogens (primary N) is 1. The highest BCUT2D eigenvalue weighted by atomic mass is 16.2. The van der Waals surface area contributed by atoms with Crippen LogP contribution in [-0.4, -0.2) is 42.5 Å². The first-order valence-electron chi connectivity index (χ1n) is 11.1. The lowest BCUT2D eigenvalue weighted by atomic mass is 9.65. The number of piperidine rings is 2. The number of hydrogen-bond donors (Lipinski definition) is 3. The fourth-order valence-corrected chi connectivity index (χ4v) is 5.69. The van der Waals surface area contributed by atoms with Gasteiger partial charge in [0.15, 0.2) is 0 Å². The van der Waals surface area contributed by atoms with Crippen LogP contribution >= 0.6 is 0 Å². The highest BCUT2D eigenvalue weighted by Gasteiger charge is 2.47. The summed E-state index contributed by atoms with van der Waals surface area (Å²) in [5.74, 6) is 3.05. The van der Waals surface area contributed by atoms with Gasteiger partial charge in [-0.2, -0.15) is 0 Å². The molecule has 7 unspecified atom stereocenters. The van der Waals surface area contributed by atoms with Gasteiger partial charge >= 0.3 is 0 Å². The number of rotatable bonds is 5. The number of carbonyl (C=O) groups is 1. The van der Waals surface area contributed by atoms with Gasteiger partial charge in [-0.05, 0) is 69.3 Å². The molecule has 0 aromatic heterocycles. The van der Waals surface area contributed by atoms with Crippen molar-refractivity contribution in [2.24, 2.45) is 29.4 Å². The van der Waals surface area contributed by atoms with E-state index in [-0.39, 0.29) is 5.92 Å². The van der Waals surface area contributed by atoms with Crippen LogP contribution in [0, 0.1) is 23.7 Å². The molecular weight excluding hydrogens is 336 g/mol. The van der Waals surface area contributed by atoms with Gasteiger partial charge in [-0.25, -0.2) is 0 Å². The first-order valence-corrected chi connectivity index (χ1v) is 11.1. The van der Waals surface area contributed by atoms with Crippen molar-refractivity contribution in [3.8, 4) is 0 Å². The monoisotopic (exact) mass is 376 g/mol. The van der Waals surface area contributed by atoms with Crippen LogP contribution in [0.15, 0.2) is 11.9 Å². The number of hydrogen-bond acceptors (Lipinski definition) is 4. The smallest absolute Gasteiger partial charge is 0.225 e. The van der Waals surface area contributed by atoms with Crippen molar-refractivity contribution in [2.75, 3.05) is 13.6 Å². The summed E-state index contributed by atoms with van der Waals surface area (Å²) in [6.45, 7) is 7.80. The molecule has 0 aromatic carbocycles. The van der Waals surface area contributed by atoms with Crippen molar-refractivity contribution in [1.82, 2.24) is 15.5 Å². The molecule has 3 rings (SSSR count). The lowest BCUT2D eigenvalue weighted by Crippen LogP contribution is -2.60. The van der Waals surface area contributed by atoms with Crippen LogP contribution in [-0.2, 0) is 4.79 Å². The minimum atomic E-state index is 0.173. The second kappa shape index (κ2) is 8.85. The van der Waals surface area contributed by atoms with E-state index < -0.39 is 0 Å². The molecule has 7 atom stereocenters. The molecule has 1 saturated carbocycles. The van der Waals surface area contributed by atoms with Gasteiger partial charge in [0.25, 0.3) is 0 Å². The molecule has 2 heterocycles. The average molecular weight is 377 g/mol. The summed E-state index contributed by atoms with van der Waals surface area (Å²) in [4.78, 5) is 15.3. The maximum absolute atomic E-state index is 13.3. The van der Waals surface area contributed by atoms with Crippen molar-refractivity contribution in [1.29, 1.82) is 0 Å². The largest absolute Gasteiger partial charge is 0.386 e. The first kappa shape index (κ1) is 20.5. The zero-order valence-electron chi connectivity index (χ0n) is 17.7. The predicted octanol–water partition coefficient (Wildman–Crippen LogP) is 2.83. The van der Waals surface area contributed by atoms with Crippen LogP contribution in [0.4, 0.5) is 0 Å². The number of allylic oxidation sites excluding steroid dienone is 1. The Morgan fingerprint density at radius 1 is 1.30 bits per heavy atom. The molecule has 0 radical (unpaired) electrons. The molecule has 0 bridgehead atoms. The number of nitrogens with one attached hydrogen (secondary N) is 2. The summed E-state index contributed by atoms with van der Waals surface area (Å²) in [5, 5.41) is 7.16. The highest BCUT2D eigenvalue weighted by Crippen LogP contribution is 2.43. The Labute approximate surface area is 165 Å². The Bertz CT molecular complexity index is 548. The second-order valence-electron chi connectivity index (χ2n) is 9.41. The summed E-state index contributed by atoms with van der Waals surface area (Å²) in [6.07, 6.45) is 9.77. The van der Waals surface area contributed by atoms with Crippen molar-refractivity contribution < 1.29 is 4.79 Å². The van der Waals surface area contributed by atoms with Gasteiger partial charge < -0.3 is 21.3 Å². The highest BCUT2D eigenvalue weighted by molar-refractivity contribution is 5.80. The molecular formula is C22H40N4O. The molecule has 5 nitrogen and oxygen atoms in total. The molecule has 154 valence electrons. The van der Waals surface area contributed by atoms with Gasteiger partial charge in [-0.3, -0.25) is 4.79 Å². The van der Waals surface area contributed by atoms with Crippen molar-refractivity contribution in [3.63, 3.8) is 0 Å². The van der Waals surface area contributed by atoms with Crippen molar-refractivity contribution in [2.45, 2.75) is 83.8 Å². The average Bonchev–Trinajstić information content (AvgIpc) is 2.65. The summed E-state index contributed by atoms with van der Waals surface area (Å²) in [5.41, 5.74) is 6.17. The molecule has 5 heteroatoms. The molecule has 0 spiro atoms. The van der Waals surface area contributed by atoms with Crippen LogP contribution in [0.25, 0.3) is 0 Å². The maximum Gasteiger partial charge on any atom is 0.225 e. The number of nitrogens with zero attached hydrogens (tertiary/aromatic N) is 1. The Kier molecular flexibility index (Phi) is 6.72. The van der Waals surface area contributed by atoms with E-state index in [1.165, 1.54) is 6.42 Å². The Hall–Kier alpha value is -1.23. The van der Waals surface area contributed by atoms with E-state index in [0.717, 1.165) is 50.9 Å². The fraction of sp³-hybridized carbons (Fsp3) is 0.864. The minimum absolute atomic E-state index is 0.173. The van der Waals surface area contributed by atoms with E-state index in [4.69, 9.17) is 5.73 Å². The molecule has 4 N–H and O–H groups in total. The standard InChI is InChI=1S/C22H40N4O/c1-5-6-7-21(23)25-17-9-8-14(2)18(12-17)19-11-16-13-24-15(3)10-20(16)26(4)22(19)27/h7,14-20,24-25H,5-6,8-13,23H2,1-4H3/b21-7+. The van der Waals surface area contributed by atoms with Crippen molar-refractivity contribution >= 4 is 5.91 Å². The van der Waals surface area contributed by atoms with Gasteiger partial charge in [-0.1, -0.05) is 20.3 Å². The van der Waals surface area contributed by atoms with Gasteiger partial charge in [0, 0.05) is 37.6 Å². The number of fused-ring (bicyclic) bond motifs is 1. The zero-order valence-corrected chi connectivity index (χ0v) is 17.7. The predicted molar refractivity (Wildman–Crippen MR) is 111 cm³/mol. The SMILES string of the molecule is CCC/C=C(\N)NC1CCC(C)C(C2CC3CNC(C)CC3N(C)C2=O)C1. The quantitative estimate of drug-likeness (QED) is 0.690. The minimum Gasteiger partial charge on any atom is -0.386 e. The maximum atomic E-state index is 13.3. The van der Waals surface area contributed by atoms with E-state index in [0.29, 0.717) is 41.8 Å². The molecule has 27 heavy (non-hydrogen) atoms. The van der Waals surface area contributed by atoms with Crippen molar-refractivity contribution in [3.05, 3.63) is 11.9 Å². The fourth-order valence-electron chi connectivity index (χ4n) is 5.69. The van der Waals surface area contributed by atoms with Gasteiger partial charge in [0.1, 0.15) is 0 Å². The van der Waals surface area contributed by atoms with Crippen LogP contribution in [0.5, 0.6) is 0 Å². The zero-order chi connectivity index (χ0) is 19.6. The number of likely N-dealkylation sites (tertiary alicyclic amines) is 1. The van der Waals surface area contributed by atoms with Crippen LogP contribution < -0.4 is 16.4 Å². The summed E-state index contributed by atoms with van der Waals surface area (Å²) >= 11 is 0. The van der Waals surface area contributed by atoms with Crippen LogP contribution in [0.1, 0.15) is 65.7 Å². The van der Waals surface area contributed by atoms with E-state index in [1.54, 1.807) is 0 Å². The molecule has 0 aromatic rings. The van der Waals surface area contributed by atoms with Gasteiger partial charge in [-0.15, -0.1) is 0 Å². The van der Waals surface area contributed by atoms with E-state index in [2.05, 4.69) is 42.4 Å². The molecule has 2 aliphatic heterocycles. The Morgan fingerprint density at radius 3 is 2.81 bits per heavy atom. The number of carbonyl (C=O) groups excluding carboxylic acids is 1. The summed E-state index contributed by atoms with van der Waals surface area (Å²) in [6, 6.07) is 1.34. The number of unbranched alkanes of at least 4 members (excludes halogenated alkanes) is 1. The molecule has 1 aliphatic carbocycles. The third-order valence-electron chi connectivity index (χ3n) is 7.39. The van der Waals surface area contributed by atoms with Crippen LogP contribution in [0.2, 0.25) is 0 Å².